The third-order valence-electron chi connectivity index (χ3n) is 2.17. The summed E-state index contributed by atoms with van der Waals surface area (Å²) in [7, 11) is -2.87. The first-order valence-corrected chi connectivity index (χ1v) is 7.99. The molecule has 3 nitrogen and oxygen atoms in total. The lowest BCUT2D eigenvalue weighted by atomic mass is 10.3. The predicted molar refractivity (Wildman–Crippen MR) is 83.2 cm³/mol. The van der Waals surface area contributed by atoms with Crippen molar-refractivity contribution in [1.29, 1.82) is 0 Å². The molecule has 2 aromatic rings. The Labute approximate surface area is 136 Å². The van der Waals surface area contributed by atoms with Crippen LogP contribution in [0.4, 0.5) is 0 Å². The van der Waals surface area contributed by atoms with Gasteiger partial charge in [0.2, 0.25) is 0 Å². The molecule has 0 spiro atoms. The van der Waals surface area contributed by atoms with Gasteiger partial charge in [-0.05, 0) is 36.4 Å². The average molecular weight is 372 g/mol. The van der Waals surface area contributed by atoms with Crippen molar-refractivity contribution in [2.75, 3.05) is 0 Å². The van der Waals surface area contributed by atoms with Crippen LogP contribution in [0.1, 0.15) is 0 Å². The SMILES string of the molecule is O=[PH](Oc1ccc(Cl)cc1Cl)Oc1ccc(Cl)cc1Cl. The number of hydrogen-bond donors (Lipinski definition) is 0. The second-order valence-electron chi connectivity index (χ2n) is 3.60. The van der Waals surface area contributed by atoms with Crippen molar-refractivity contribution in [3.05, 3.63) is 56.5 Å². The molecule has 0 aliphatic rings. The van der Waals surface area contributed by atoms with Gasteiger partial charge in [-0.3, -0.25) is 0 Å². The molecule has 20 heavy (non-hydrogen) atoms. The second kappa shape index (κ2) is 6.93. The summed E-state index contributed by atoms with van der Waals surface area (Å²) in [5.41, 5.74) is 0. The molecule has 0 aliphatic heterocycles. The highest BCUT2D eigenvalue weighted by atomic mass is 35.5. The van der Waals surface area contributed by atoms with Crippen molar-refractivity contribution < 1.29 is 13.6 Å². The zero-order valence-corrected chi connectivity index (χ0v) is 13.7. The minimum atomic E-state index is -2.87. The van der Waals surface area contributed by atoms with E-state index in [1.54, 1.807) is 12.1 Å². The van der Waals surface area contributed by atoms with Gasteiger partial charge >= 0.3 is 8.25 Å². The highest BCUT2D eigenvalue weighted by Crippen LogP contribution is 2.38. The van der Waals surface area contributed by atoms with Crippen molar-refractivity contribution in [1.82, 2.24) is 0 Å². The summed E-state index contributed by atoms with van der Waals surface area (Å²) in [5.74, 6) is 0.426. The predicted octanol–water partition coefficient (Wildman–Crippen LogP) is 6.15. The van der Waals surface area contributed by atoms with E-state index in [0.29, 0.717) is 10.0 Å². The maximum absolute atomic E-state index is 11.8. The lowest BCUT2D eigenvalue weighted by Crippen LogP contribution is -1.90. The van der Waals surface area contributed by atoms with E-state index in [1.165, 1.54) is 24.3 Å². The van der Waals surface area contributed by atoms with Gasteiger partial charge in [-0.2, -0.15) is 0 Å². The van der Waals surface area contributed by atoms with Crippen molar-refractivity contribution in [3.8, 4) is 11.5 Å². The Morgan fingerprint density at radius 3 is 1.50 bits per heavy atom. The number of hydrogen-bond acceptors (Lipinski definition) is 3. The van der Waals surface area contributed by atoms with Gasteiger partial charge in [-0.25, -0.2) is 4.57 Å². The topological polar surface area (TPSA) is 35.5 Å². The minimum Gasteiger partial charge on any atom is -0.416 e. The summed E-state index contributed by atoms with van der Waals surface area (Å²) >= 11 is 23.3. The van der Waals surface area contributed by atoms with Crippen LogP contribution in [0.15, 0.2) is 36.4 Å². The molecule has 0 saturated carbocycles. The van der Waals surface area contributed by atoms with Crippen LogP contribution in [0.25, 0.3) is 0 Å². The van der Waals surface area contributed by atoms with Crippen LogP contribution in [0.2, 0.25) is 20.1 Å². The van der Waals surface area contributed by atoms with Crippen LogP contribution < -0.4 is 9.05 Å². The third-order valence-corrected chi connectivity index (χ3v) is 4.01. The van der Waals surface area contributed by atoms with Crippen LogP contribution in [-0.2, 0) is 4.57 Å². The zero-order valence-electron chi connectivity index (χ0n) is 9.70. The van der Waals surface area contributed by atoms with Crippen LogP contribution in [0, 0.1) is 0 Å². The van der Waals surface area contributed by atoms with Gasteiger partial charge in [0, 0.05) is 10.0 Å². The Balaban J connectivity index is 2.09. The van der Waals surface area contributed by atoms with Crippen LogP contribution in [0.5, 0.6) is 11.5 Å². The standard InChI is InChI=1S/C12H7Cl4O3P/c13-7-1-3-11(9(15)5-7)18-20(17)19-12-4-2-8(14)6-10(12)16/h1-6,20H. The molecule has 0 amide bonds. The normalized spacial score (nSPS) is 10.7. The van der Waals surface area contributed by atoms with Crippen molar-refractivity contribution in [3.63, 3.8) is 0 Å². The van der Waals surface area contributed by atoms with Crippen LogP contribution in [-0.4, -0.2) is 0 Å². The third kappa shape index (κ3) is 4.21. The molecule has 8 heteroatoms. The molecular formula is C12H7Cl4O3P. The van der Waals surface area contributed by atoms with Crippen LogP contribution >= 0.6 is 54.7 Å². The van der Waals surface area contributed by atoms with Crippen molar-refractivity contribution >= 4 is 54.7 Å². The summed E-state index contributed by atoms with van der Waals surface area (Å²) < 4.78 is 22.1. The zero-order chi connectivity index (χ0) is 14.7. The largest absolute Gasteiger partial charge is 0.419 e. The number of benzene rings is 2. The summed E-state index contributed by atoms with van der Waals surface area (Å²) in [6, 6.07) is 9.08. The van der Waals surface area contributed by atoms with Gasteiger partial charge in [0.15, 0.2) is 0 Å². The van der Waals surface area contributed by atoms with Gasteiger partial charge in [0.25, 0.3) is 0 Å². The first kappa shape index (κ1) is 15.8. The molecule has 0 aromatic heterocycles. The van der Waals surface area contributed by atoms with E-state index in [-0.39, 0.29) is 21.5 Å². The van der Waals surface area contributed by atoms with E-state index in [0.717, 1.165) is 0 Å². The summed E-state index contributed by atoms with van der Waals surface area (Å²) in [5, 5.41) is 1.37. The maximum atomic E-state index is 11.8. The van der Waals surface area contributed by atoms with Gasteiger partial charge in [-0.1, -0.05) is 46.4 Å². The van der Waals surface area contributed by atoms with E-state index in [9.17, 15) is 4.57 Å². The Hall–Kier alpha value is -0.570. The number of halogens is 4. The summed E-state index contributed by atoms with van der Waals surface area (Å²) in [6.07, 6.45) is 0. The molecule has 0 bridgehead atoms. The molecule has 0 unspecified atom stereocenters. The molecule has 0 fully saturated rings. The Morgan fingerprint density at radius 2 is 1.15 bits per heavy atom. The molecule has 0 radical (unpaired) electrons. The monoisotopic (exact) mass is 370 g/mol. The van der Waals surface area contributed by atoms with E-state index in [1.807, 2.05) is 0 Å². The number of rotatable bonds is 4. The van der Waals surface area contributed by atoms with E-state index < -0.39 is 8.25 Å². The average Bonchev–Trinajstić information content (AvgIpc) is 2.36. The molecule has 2 aromatic carbocycles. The van der Waals surface area contributed by atoms with Gasteiger partial charge in [0.05, 0.1) is 10.0 Å². The second-order valence-corrected chi connectivity index (χ2v) is 6.20. The summed E-state index contributed by atoms with van der Waals surface area (Å²) in [4.78, 5) is 0. The van der Waals surface area contributed by atoms with Crippen molar-refractivity contribution in [2.24, 2.45) is 0 Å². The lowest BCUT2D eigenvalue weighted by molar-refractivity contribution is 0.416. The molecule has 2 rings (SSSR count). The van der Waals surface area contributed by atoms with E-state index in [2.05, 4.69) is 0 Å². The smallest absolute Gasteiger partial charge is 0.416 e. The van der Waals surface area contributed by atoms with Gasteiger partial charge in [-0.15, -0.1) is 0 Å². The molecule has 0 N–H and O–H groups in total. The molecule has 0 saturated heterocycles. The fraction of sp³-hybridized carbons (Fsp3) is 0. The van der Waals surface area contributed by atoms with E-state index in [4.69, 9.17) is 55.5 Å². The fourth-order valence-corrected chi connectivity index (χ4v) is 3.10. The molecule has 0 atom stereocenters. The highest BCUT2D eigenvalue weighted by molar-refractivity contribution is 7.34. The Morgan fingerprint density at radius 1 is 0.750 bits per heavy atom. The fourth-order valence-electron chi connectivity index (χ4n) is 1.32. The maximum Gasteiger partial charge on any atom is 0.419 e. The molecule has 0 aliphatic carbocycles. The quantitative estimate of drug-likeness (QED) is 0.605. The summed E-state index contributed by atoms with van der Waals surface area (Å²) in [6.45, 7) is 0. The van der Waals surface area contributed by atoms with Crippen molar-refractivity contribution in [2.45, 2.75) is 0 Å². The molecule has 0 heterocycles. The van der Waals surface area contributed by atoms with Gasteiger partial charge < -0.3 is 9.05 Å². The first-order valence-electron chi connectivity index (χ1n) is 5.25. The van der Waals surface area contributed by atoms with Gasteiger partial charge in [0.1, 0.15) is 11.5 Å². The minimum absolute atomic E-state index is 0.213. The Bertz CT molecular complexity index is 608. The van der Waals surface area contributed by atoms with Crippen LogP contribution in [0.3, 0.4) is 0 Å². The lowest BCUT2D eigenvalue weighted by Gasteiger charge is -2.10. The Kier molecular flexibility index (Phi) is 5.48. The molecule has 106 valence electrons. The molecular weight excluding hydrogens is 365 g/mol. The highest BCUT2D eigenvalue weighted by Gasteiger charge is 2.10. The first-order chi connectivity index (χ1) is 9.45. The van der Waals surface area contributed by atoms with E-state index >= 15 is 0 Å².